The van der Waals surface area contributed by atoms with Crippen LogP contribution in [0.15, 0.2) is 43.0 Å². The lowest BCUT2D eigenvalue weighted by Crippen LogP contribution is -2.31. The largest absolute Gasteiger partial charge is 0.364 e. The Labute approximate surface area is 120 Å². The number of nitrogens with one attached hydrogen (secondary N) is 1. The van der Waals surface area contributed by atoms with Crippen molar-refractivity contribution >= 4 is 29.0 Å². The number of benzene rings is 1. The van der Waals surface area contributed by atoms with Crippen LogP contribution < -0.4 is 5.32 Å². The van der Waals surface area contributed by atoms with E-state index in [2.05, 4.69) is 18.8 Å². The Morgan fingerprint density at radius 3 is 2.78 bits per heavy atom. The van der Waals surface area contributed by atoms with Gasteiger partial charge in [-0.15, -0.1) is 18.3 Å². The topological polar surface area (TPSA) is 12.0 Å². The van der Waals surface area contributed by atoms with Crippen molar-refractivity contribution in [3.8, 4) is 0 Å². The molecule has 0 saturated carbocycles. The van der Waals surface area contributed by atoms with Gasteiger partial charge in [-0.1, -0.05) is 62.0 Å². The number of thiocarbonyl (C=S) groups is 1. The van der Waals surface area contributed by atoms with Crippen molar-refractivity contribution in [3.05, 3.63) is 48.6 Å². The third kappa shape index (κ3) is 5.69. The average Bonchev–Trinajstić information content (AvgIpc) is 2.40. The molecule has 0 radical (unpaired) electrons. The van der Waals surface area contributed by atoms with Crippen molar-refractivity contribution in [2.24, 2.45) is 0 Å². The van der Waals surface area contributed by atoms with Gasteiger partial charge in [-0.25, -0.2) is 0 Å². The molecule has 0 aliphatic rings. The number of hydrogen-bond donors (Lipinski definition) is 1. The number of hydrogen-bond acceptors (Lipinski definition) is 2. The zero-order valence-electron chi connectivity index (χ0n) is 10.9. The molecule has 1 N–H and O–H groups in total. The van der Waals surface area contributed by atoms with Crippen LogP contribution in [-0.4, -0.2) is 16.1 Å². The highest BCUT2D eigenvalue weighted by atomic mass is 32.2. The van der Waals surface area contributed by atoms with Gasteiger partial charge < -0.3 is 5.32 Å². The summed E-state index contributed by atoms with van der Waals surface area (Å²) in [5, 5.41) is 3.75. The molecule has 1 nitrogen and oxygen atoms in total. The maximum Gasteiger partial charge on any atom is 0.107 e. The van der Waals surface area contributed by atoms with Crippen molar-refractivity contribution in [2.45, 2.75) is 31.6 Å². The minimum atomic E-state index is 0.335. The fraction of sp³-hybridized carbons (Fsp3) is 0.400. The average molecular weight is 279 g/mol. The predicted molar refractivity (Wildman–Crippen MR) is 87.2 cm³/mol. The van der Waals surface area contributed by atoms with Crippen molar-refractivity contribution in [2.75, 3.05) is 5.75 Å². The molecule has 0 aliphatic carbocycles. The van der Waals surface area contributed by atoms with Gasteiger partial charge in [0.25, 0.3) is 0 Å². The van der Waals surface area contributed by atoms with Crippen LogP contribution in [-0.2, 0) is 0 Å². The van der Waals surface area contributed by atoms with E-state index < -0.39 is 0 Å². The van der Waals surface area contributed by atoms with Crippen LogP contribution >= 0.6 is 24.0 Å². The molecule has 0 aliphatic heterocycles. The van der Waals surface area contributed by atoms with Gasteiger partial charge in [0, 0.05) is 5.56 Å². The Morgan fingerprint density at radius 2 is 2.17 bits per heavy atom. The fourth-order valence-electron chi connectivity index (χ4n) is 1.51. The molecule has 0 bridgehead atoms. The molecule has 0 heterocycles. The van der Waals surface area contributed by atoms with E-state index in [1.54, 1.807) is 0 Å². The lowest BCUT2D eigenvalue weighted by atomic mass is 10.2. The van der Waals surface area contributed by atoms with Crippen LogP contribution in [0.5, 0.6) is 0 Å². The molecule has 98 valence electrons. The minimum absolute atomic E-state index is 0.335. The summed E-state index contributed by atoms with van der Waals surface area (Å²) >= 11 is 7.35. The molecular weight excluding hydrogens is 258 g/mol. The Kier molecular flexibility index (Phi) is 7.78. The predicted octanol–water partition coefficient (Wildman–Crippen LogP) is 4.39. The van der Waals surface area contributed by atoms with E-state index in [0.717, 1.165) is 17.0 Å². The third-order valence-corrected chi connectivity index (χ3v) is 4.12. The summed E-state index contributed by atoms with van der Waals surface area (Å²) in [7, 11) is 0. The summed E-state index contributed by atoms with van der Waals surface area (Å²) in [4.78, 5) is 0.825. The van der Waals surface area contributed by atoms with E-state index in [9.17, 15) is 0 Å². The standard InChI is InChI=1S/C15H21NS2/c1-3-5-12-18-14(9-4-2)16-15(17)13-10-7-6-8-11-13/h4,6-8,10-11,14H,2-3,5,9,12H2,1H3,(H,16,17). The van der Waals surface area contributed by atoms with Crippen molar-refractivity contribution in [1.29, 1.82) is 0 Å². The Balaban J connectivity index is 2.49. The lowest BCUT2D eigenvalue weighted by molar-refractivity contribution is 0.824. The molecule has 1 unspecified atom stereocenters. The van der Waals surface area contributed by atoms with E-state index >= 15 is 0 Å². The normalized spacial score (nSPS) is 11.8. The summed E-state index contributed by atoms with van der Waals surface area (Å²) in [6.45, 7) is 6.03. The van der Waals surface area contributed by atoms with Crippen LogP contribution in [0.25, 0.3) is 0 Å². The molecule has 0 saturated heterocycles. The van der Waals surface area contributed by atoms with Gasteiger partial charge in [0.15, 0.2) is 0 Å². The smallest absolute Gasteiger partial charge is 0.107 e. The number of rotatable bonds is 8. The maximum absolute atomic E-state index is 5.43. The molecule has 0 fully saturated rings. The quantitative estimate of drug-likeness (QED) is 0.328. The second kappa shape index (κ2) is 9.17. The van der Waals surface area contributed by atoms with Gasteiger partial charge in [-0.05, 0) is 18.6 Å². The van der Waals surface area contributed by atoms with Gasteiger partial charge in [0.2, 0.25) is 0 Å². The van der Waals surface area contributed by atoms with Crippen LogP contribution in [0.1, 0.15) is 31.7 Å². The molecule has 0 amide bonds. The lowest BCUT2D eigenvalue weighted by Gasteiger charge is -2.18. The second-order valence-electron chi connectivity index (χ2n) is 4.08. The van der Waals surface area contributed by atoms with Crippen LogP contribution in [0.3, 0.4) is 0 Å². The van der Waals surface area contributed by atoms with Crippen LogP contribution in [0, 0.1) is 0 Å². The number of unbranched alkanes of at least 4 members (excludes halogenated alkanes) is 1. The first-order valence-corrected chi connectivity index (χ1v) is 7.82. The third-order valence-electron chi connectivity index (χ3n) is 2.53. The SMILES string of the molecule is C=CCC(NC(=S)c1ccccc1)SCCCC. The fourth-order valence-corrected chi connectivity index (χ4v) is 3.08. The first-order valence-electron chi connectivity index (χ1n) is 6.36. The van der Waals surface area contributed by atoms with Crippen LogP contribution in [0.2, 0.25) is 0 Å². The summed E-state index contributed by atoms with van der Waals surface area (Å²) in [6.07, 6.45) is 5.36. The Hall–Kier alpha value is -0.800. The van der Waals surface area contributed by atoms with E-state index in [4.69, 9.17) is 12.2 Å². The summed E-state index contributed by atoms with van der Waals surface area (Å²) in [6, 6.07) is 10.1. The van der Waals surface area contributed by atoms with Gasteiger partial charge in [-0.3, -0.25) is 0 Å². The second-order valence-corrected chi connectivity index (χ2v) is 5.80. The molecule has 1 aromatic rings. The van der Waals surface area contributed by atoms with E-state index in [1.807, 2.05) is 48.2 Å². The van der Waals surface area contributed by atoms with Gasteiger partial charge in [0.1, 0.15) is 4.99 Å². The molecule has 3 heteroatoms. The highest BCUT2D eigenvalue weighted by molar-refractivity contribution is 7.99. The zero-order chi connectivity index (χ0) is 13.2. The molecule has 1 rings (SSSR count). The van der Waals surface area contributed by atoms with E-state index in [1.165, 1.54) is 18.6 Å². The first kappa shape index (κ1) is 15.3. The number of thioether (sulfide) groups is 1. The van der Waals surface area contributed by atoms with E-state index in [-0.39, 0.29) is 0 Å². The molecule has 18 heavy (non-hydrogen) atoms. The minimum Gasteiger partial charge on any atom is -0.364 e. The maximum atomic E-state index is 5.43. The monoisotopic (exact) mass is 279 g/mol. The van der Waals surface area contributed by atoms with Gasteiger partial charge >= 0.3 is 0 Å². The highest BCUT2D eigenvalue weighted by Gasteiger charge is 2.09. The summed E-state index contributed by atoms with van der Waals surface area (Å²) in [5.74, 6) is 1.17. The Morgan fingerprint density at radius 1 is 1.44 bits per heavy atom. The Bertz CT molecular complexity index is 362. The summed E-state index contributed by atoms with van der Waals surface area (Å²) in [5.41, 5.74) is 1.08. The highest BCUT2D eigenvalue weighted by Crippen LogP contribution is 2.15. The molecular formula is C15H21NS2. The molecule has 1 aromatic carbocycles. The van der Waals surface area contributed by atoms with Crippen LogP contribution in [0.4, 0.5) is 0 Å². The van der Waals surface area contributed by atoms with Gasteiger partial charge in [0.05, 0.1) is 5.37 Å². The van der Waals surface area contributed by atoms with Crippen molar-refractivity contribution in [3.63, 3.8) is 0 Å². The van der Waals surface area contributed by atoms with Gasteiger partial charge in [-0.2, -0.15) is 0 Å². The van der Waals surface area contributed by atoms with Crippen molar-refractivity contribution < 1.29 is 0 Å². The van der Waals surface area contributed by atoms with Crippen molar-refractivity contribution in [1.82, 2.24) is 5.32 Å². The molecule has 1 atom stereocenters. The molecule has 0 aromatic heterocycles. The van der Waals surface area contributed by atoms with E-state index in [0.29, 0.717) is 5.37 Å². The first-order chi connectivity index (χ1) is 8.77. The summed E-state index contributed by atoms with van der Waals surface area (Å²) < 4.78 is 0. The zero-order valence-corrected chi connectivity index (χ0v) is 12.5. The molecule has 0 spiro atoms.